The van der Waals surface area contributed by atoms with Crippen molar-refractivity contribution in [3.05, 3.63) is 57.6 Å². The van der Waals surface area contributed by atoms with Crippen LogP contribution in [0.1, 0.15) is 47.2 Å². The van der Waals surface area contributed by atoms with E-state index in [1.165, 1.54) is 11.1 Å². The highest BCUT2D eigenvalue weighted by molar-refractivity contribution is 8.39. The van der Waals surface area contributed by atoms with Gasteiger partial charge in [0.25, 0.3) is 0 Å². The summed E-state index contributed by atoms with van der Waals surface area (Å²) in [5, 5.41) is 20.9. The molecule has 0 aromatic heterocycles. The van der Waals surface area contributed by atoms with Gasteiger partial charge in [-0.2, -0.15) is 0 Å². The summed E-state index contributed by atoms with van der Waals surface area (Å²) in [5.74, 6) is 4.92. The third-order valence-electron chi connectivity index (χ3n) is 7.12. The van der Waals surface area contributed by atoms with Gasteiger partial charge >= 0.3 is 0 Å². The lowest BCUT2D eigenvalue weighted by Gasteiger charge is -2.29. The maximum absolute atomic E-state index is 10.5. The zero-order valence-electron chi connectivity index (χ0n) is 24.9. The first kappa shape index (κ1) is 32.6. The molecule has 10 heteroatoms. The van der Waals surface area contributed by atoms with Crippen LogP contribution in [0.2, 0.25) is 0 Å². The van der Waals surface area contributed by atoms with Crippen molar-refractivity contribution in [2.45, 2.75) is 59.2 Å². The third-order valence-corrected chi connectivity index (χ3v) is 11.9. The van der Waals surface area contributed by atoms with Crippen molar-refractivity contribution < 1.29 is 19.7 Å². The number of aliphatic hydroxyl groups is 2. The molecule has 0 saturated carbocycles. The second kappa shape index (κ2) is 14.9. The quantitative estimate of drug-likeness (QED) is 0.278. The minimum Gasteiger partial charge on any atom is -0.490 e. The van der Waals surface area contributed by atoms with Gasteiger partial charge in [-0.15, -0.1) is 0 Å². The Morgan fingerprint density at radius 3 is 1.41 bits per heavy atom. The highest BCUT2D eigenvalue weighted by Gasteiger charge is 2.27. The Morgan fingerprint density at radius 1 is 0.732 bits per heavy atom. The molecular formula is C31H42N2O4S4. The number of hydrogen-bond acceptors (Lipinski definition) is 10. The van der Waals surface area contributed by atoms with Gasteiger partial charge in [0.05, 0.1) is 25.3 Å². The maximum Gasteiger partial charge on any atom is 0.125 e. The molecule has 2 unspecified atom stereocenters. The van der Waals surface area contributed by atoms with E-state index in [0.717, 1.165) is 67.1 Å². The number of rotatable bonds is 12. The number of ether oxygens (including phenoxy) is 2. The molecule has 2 N–H and O–H groups in total. The van der Waals surface area contributed by atoms with E-state index in [1.54, 1.807) is 47.0 Å². The van der Waals surface area contributed by atoms with E-state index in [4.69, 9.17) is 9.47 Å². The van der Waals surface area contributed by atoms with Crippen molar-refractivity contribution in [3.63, 3.8) is 0 Å². The second-order valence-electron chi connectivity index (χ2n) is 11.0. The lowest BCUT2D eigenvalue weighted by Crippen LogP contribution is -2.23. The summed E-state index contributed by atoms with van der Waals surface area (Å²) in [5.41, 5.74) is 6.42. The van der Waals surface area contributed by atoms with E-state index < -0.39 is 12.2 Å². The maximum atomic E-state index is 10.5. The number of aliphatic hydroxyl groups excluding tert-OH is 2. The summed E-state index contributed by atoms with van der Waals surface area (Å²) < 4.78 is 14.3. The largest absolute Gasteiger partial charge is 0.490 e. The van der Waals surface area contributed by atoms with Crippen molar-refractivity contribution in [2.24, 2.45) is 9.98 Å². The van der Waals surface area contributed by atoms with Crippen LogP contribution < -0.4 is 9.47 Å². The average Bonchev–Trinajstić information content (AvgIpc) is 3.64. The van der Waals surface area contributed by atoms with Crippen LogP contribution in [0, 0.1) is 27.7 Å². The van der Waals surface area contributed by atoms with E-state index in [0.29, 0.717) is 11.5 Å². The molecule has 224 valence electrons. The highest BCUT2D eigenvalue weighted by Crippen LogP contribution is 2.39. The van der Waals surface area contributed by atoms with E-state index in [1.807, 2.05) is 0 Å². The van der Waals surface area contributed by atoms with E-state index >= 15 is 0 Å². The zero-order valence-corrected chi connectivity index (χ0v) is 28.1. The number of nitrogens with zero attached hydrogens (tertiary/aromatic N) is 2. The Balaban J connectivity index is 1.38. The van der Waals surface area contributed by atoms with Crippen molar-refractivity contribution >= 4 is 55.8 Å². The highest BCUT2D eigenvalue weighted by atomic mass is 32.2. The second-order valence-corrected chi connectivity index (χ2v) is 15.7. The molecule has 2 aromatic rings. The predicted octanol–water partition coefficient (Wildman–Crippen LogP) is 6.40. The molecule has 0 fully saturated rings. The van der Waals surface area contributed by atoms with Gasteiger partial charge in [-0.25, -0.2) is 0 Å². The van der Waals surface area contributed by atoms with Gasteiger partial charge in [0, 0.05) is 28.4 Å². The molecule has 0 radical (unpaired) electrons. The molecular weight excluding hydrogens is 593 g/mol. The van der Waals surface area contributed by atoms with Crippen molar-refractivity contribution in [2.75, 3.05) is 49.3 Å². The normalized spacial score (nSPS) is 16.9. The first-order valence-corrected chi connectivity index (χ1v) is 17.9. The zero-order chi connectivity index (χ0) is 29.6. The Hall–Kier alpha value is -1.30. The van der Waals surface area contributed by atoms with Crippen molar-refractivity contribution in [1.82, 2.24) is 0 Å². The van der Waals surface area contributed by atoms with Crippen LogP contribution in [-0.4, -0.2) is 80.5 Å². The fourth-order valence-electron chi connectivity index (χ4n) is 4.84. The first-order valence-electron chi connectivity index (χ1n) is 14.0. The lowest BCUT2D eigenvalue weighted by molar-refractivity contribution is 0.125. The molecule has 4 rings (SSSR count). The Morgan fingerprint density at radius 2 is 1.10 bits per heavy atom. The fraction of sp³-hybridized carbons (Fsp3) is 0.548. The number of aryl methyl sites for hydroxylation is 4. The number of thioether (sulfide) groups is 4. The number of benzene rings is 2. The molecule has 41 heavy (non-hydrogen) atoms. The minimum absolute atomic E-state index is 0.242. The molecule has 2 aromatic carbocycles. The van der Waals surface area contributed by atoms with Crippen molar-refractivity contribution in [1.29, 1.82) is 0 Å². The molecule has 0 aliphatic carbocycles. The van der Waals surface area contributed by atoms with Crippen molar-refractivity contribution in [3.8, 4) is 11.5 Å². The smallest absolute Gasteiger partial charge is 0.125 e. The number of hydrogen-bond donors (Lipinski definition) is 2. The molecule has 0 saturated heterocycles. The van der Waals surface area contributed by atoms with Crippen LogP contribution in [0.25, 0.3) is 0 Å². The van der Waals surface area contributed by atoms with Crippen LogP contribution in [-0.2, 0) is 5.41 Å². The van der Waals surface area contributed by atoms with Gasteiger partial charge in [-0.3, -0.25) is 9.98 Å². The Kier molecular flexibility index (Phi) is 11.9. The average molecular weight is 635 g/mol. The standard InChI is InChI=1S/C31H42N2O4S4/c1-19-11-23(12-20(2)27(19)36-15-25(34)17-40-29-32-7-9-38-29)31(5,6)24-13-21(3)28(22(4)14-24)37-16-26(35)18-41-30-33-8-10-39-30/h11-14,25-26,34-35H,7-10,15-18H2,1-6H3. The monoisotopic (exact) mass is 634 g/mol. The van der Waals surface area contributed by atoms with Crippen LogP contribution in [0.5, 0.6) is 11.5 Å². The van der Waals surface area contributed by atoms with Gasteiger partial charge in [0.2, 0.25) is 0 Å². The summed E-state index contributed by atoms with van der Waals surface area (Å²) in [4.78, 5) is 8.86. The molecule has 6 nitrogen and oxygen atoms in total. The van der Waals surface area contributed by atoms with Crippen LogP contribution in [0.4, 0.5) is 0 Å². The summed E-state index contributed by atoms with van der Waals surface area (Å²) in [7, 11) is 0. The molecule has 2 heterocycles. The number of aliphatic imine (C=N–C) groups is 2. The van der Waals surface area contributed by atoms with Gasteiger partial charge in [0.15, 0.2) is 0 Å². The lowest BCUT2D eigenvalue weighted by atomic mass is 9.76. The van der Waals surface area contributed by atoms with E-state index in [9.17, 15) is 10.2 Å². The summed E-state index contributed by atoms with van der Waals surface area (Å²) in [6.45, 7) is 15.0. The summed E-state index contributed by atoms with van der Waals surface area (Å²) in [6.07, 6.45) is -1.10. The van der Waals surface area contributed by atoms with Gasteiger partial charge in [-0.05, 0) is 61.1 Å². The summed E-state index contributed by atoms with van der Waals surface area (Å²) in [6, 6.07) is 8.79. The first-order chi connectivity index (χ1) is 19.5. The molecule has 0 bridgehead atoms. The van der Waals surface area contributed by atoms with E-state index in [2.05, 4.69) is 75.8 Å². The third kappa shape index (κ3) is 8.86. The van der Waals surface area contributed by atoms with Gasteiger partial charge in [-0.1, -0.05) is 85.2 Å². The molecule has 2 aliphatic rings. The van der Waals surface area contributed by atoms with Crippen LogP contribution in [0.15, 0.2) is 34.3 Å². The SMILES string of the molecule is Cc1cc(C(C)(C)c2cc(C)c(OCC(O)CSC3=NCCS3)c(C)c2)cc(C)c1OCC(O)CSC1=NCCS1. The molecule has 2 aliphatic heterocycles. The topological polar surface area (TPSA) is 83.6 Å². The minimum atomic E-state index is -0.550. The fourth-order valence-corrected chi connectivity index (χ4v) is 8.72. The van der Waals surface area contributed by atoms with Crippen LogP contribution in [0.3, 0.4) is 0 Å². The molecule has 0 amide bonds. The van der Waals surface area contributed by atoms with Gasteiger partial charge < -0.3 is 19.7 Å². The van der Waals surface area contributed by atoms with E-state index in [-0.39, 0.29) is 18.6 Å². The molecule has 2 atom stereocenters. The van der Waals surface area contributed by atoms with Crippen LogP contribution >= 0.6 is 47.0 Å². The molecule has 0 spiro atoms. The Labute approximate surface area is 262 Å². The van der Waals surface area contributed by atoms with Gasteiger partial charge in [0.1, 0.15) is 33.5 Å². The summed E-state index contributed by atoms with van der Waals surface area (Å²) >= 11 is 6.73. The Bertz CT molecular complexity index is 1140. The predicted molar refractivity (Wildman–Crippen MR) is 181 cm³/mol.